The van der Waals surface area contributed by atoms with E-state index in [-0.39, 0.29) is 4.90 Å². The van der Waals surface area contributed by atoms with Gasteiger partial charge >= 0.3 is 0 Å². The molecule has 0 fully saturated rings. The second-order valence-electron chi connectivity index (χ2n) is 6.32. The first-order chi connectivity index (χ1) is 12.9. The SMILES string of the molecule is Cc1nn(C)c(C)c1NS(=O)(=O)c1ccc(NCCc2ccccc2)nc1. The van der Waals surface area contributed by atoms with Crippen molar-refractivity contribution >= 4 is 21.5 Å². The van der Waals surface area contributed by atoms with Gasteiger partial charge in [-0.3, -0.25) is 9.40 Å². The van der Waals surface area contributed by atoms with Crippen molar-refractivity contribution in [2.75, 3.05) is 16.6 Å². The molecule has 7 nitrogen and oxygen atoms in total. The second kappa shape index (κ2) is 7.79. The quantitative estimate of drug-likeness (QED) is 0.653. The molecule has 0 bridgehead atoms. The summed E-state index contributed by atoms with van der Waals surface area (Å²) < 4.78 is 29.5. The molecule has 0 aliphatic heterocycles. The van der Waals surface area contributed by atoms with Crippen molar-refractivity contribution in [3.63, 3.8) is 0 Å². The number of rotatable bonds is 7. The molecule has 0 spiro atoms. The third kappa shape index (κ3) is 4.46. The monoisotopic (exact) mass is 385 g/mol. The molecule has 0 aliphatic carbocycles. The van der Waals surface area contributed by atoms with Gasteiger partial charge in [-0.25, -0.2) is 13.4 Å². The van der Waals surface area contributed by atoms with Gasteiger partial charge in [0.2, 0.25) is 0 Å². The molecule has 0 atom stereocenters. The Bertz CT molecular complexity index is 1010. The fraction of sp³-hybridized carbons (Fsp3) is 0.263. The first-order valence-corrected chi connectivity index (χ1v) is 10.1. The van der Waals surface area contributed by atoms with Gasteiger partial charge in [0.25, 0.3) is 10.0 Å². The average Bonchev–Trinajstić information content (AvgIpc) is 2.89. The number of nitrogens with zero attached hydrogens (tertiary/aromatic N) is 3. The maximum atomic E-state index is 12.6. The molecular weight excluding hydrogens is 362 g/mol. The standard InChI is InChI=1S/C19H23N5O2S/c1-14-19(15(2)24(3)22-14)23-27(25,26)17-9-10-18(21-13-17)20-12-11-16-7-5-4-6-8-16/h4-10,13,23H,11-12H2,1-3H3,(H,20,21). The van der Waals surface area contributed by atoms with E-state index in [2.05, 4.69) is 32.3 Å². The third-order valence-electron chi connectivity index (χ3n) is 4.35. The Morgan fingerprint density at radius 3 is 2.41 bits per heavy atom. The van der Waals surface area contributed by atoms with Crippen LogP contribution in [0.15, 0.2) is 53.6 Å². The summed E-state index contributed by atoms with van der Waals surface area (Å²) in [5, 5.41) is 7.43. The van der Waals surface area contributed by atoms with Crippen molar-refractivity contribution in [3.05, 3.63) is 65.6 Å². The van der Waals surface area contributed by atoms with Gasteiger partial charge in [-0.2, -0.15) is 5.10 Å². The van der Waals surface area contributed by atoms with Crippen molar-refractivity contribution in [1.82, 2.24) is 14.8 Å². The highest BCUT2D eigenvalue weighted by Crippen LogP contribution is 2.22. The van der Waals surface area contributed by atoms with Crippen LogP contribution in [0.25, 0.3) is 0 Å². The molecule has 0 unspecified atom stereocenters. The first-order valence-electron chi connectivity index (χ1n) is 8.63. The molecule has 1 aromatic carbocycles. The molecule has 2 aromatic heterocycles. The summed E-state index contributed by atoms with van der Waals surface area (Å²) in [6.45, 7) is 4.30. The molecule has 2 heterocycles. The summed E-state index contributed by atoms with van der Waals surface area (Å²) >= 11 is 0. The lowest BCUT2D eigenvalue weighted by Gasteiger charge is -2.10. The van der Waals surface area contributed by atoms with Crippen molar-refractivity contribution < 1.29 is 8.42 Å². The van der Waals surface area contributed by atoms with E-state index in [1.807, 2.05) is 25.1 Å². The van der Waals surface area contributed by atoms with E-state index in [9.17, 15) is 8.42 Å². The molecule has 142 valence electrons. The maximum absolute atomic E-state index is 12.6. The second-order valence-corrected chi connectivity index (χ2v) is 8.00. The highest BCUT2D eigenvalue weighted by atomic mass is 32.2. The summed E-state index contributed by atoms with van der Waals surface area (Å²) in [6.07, 6.45) is 2.22. The Hall–Kier alpha value is -2.87. The predicted octanol–water partition coefficient (Wildman–Crippen LogP) is 2.89. The van der Waals surface area contributed by atoms with Gasteiger partial charge in [-0.1, -0.05) is 30.3 Å². The highest BCUT2D eigenvalue weighted by Gasteiger charge is 2.19. The maximum Gasteiger partial charge on any atom is 0.263 e. The number of aromatic nitrogens is 3. The van der Waals surface area contributed by atoms with Crippen molar-refractivity contribution in [3.8, 4) is 0 Å². The summed E-state index contributed by atoms with van der Waals surface area (Å²) in [7, 11) is -1.94. The highest BCUT2D eigenvalue weighted by molar-refractivity contribution is 7.92. The lowest BCUT2D eigenvalue weighted by Crippen LogP contribution is -2.15. The lowest BCUT2D eigenvalue weighted by molar-refractivity contribution is 0.600. The van der Waals surface area contributed by atoms with Gasteiger partial charge in [0, 0.05) is 19.8 Å². The molecule has 2 N–H and O–H groups in total. The van der Waals surface area contributed by atoms with E-state index in [0.29, 0.717) is 17.2 Å². The Morgan fingerprint density at radius 2 is 1.81 bits per heavy atom. The van der Waals surface area contributed by atoms with Crippen LogP contribution >= 0.6 is 0 Å². The number of nitrogens with one attached hydrogen (secondary N) is 2. The Morgan fingerprint density at radius 1 is 1.07 bits per heavy atom. The molecule has 3 rings (SSSR count). The number of aryl methyl sites for hydroxylation is 2. The zero-order chi connectivity index (χ0) is 19.4. The zero-order valence-corrected chi connectivity index (χ0v) is 16.4. The fourth-order valence-corrected chi connectivity index (χ4v) is 3.86. The van der Waals surface area contributed by atoms with Gasteiger partial charge in [0.15, 0.2) is 0 Å². The van der Waals surface area contributed by atoms with E-state index in [1.165, 1.54) is 11.8 Å². The summed E-state index contributed by atoms with van der Waals surface area (Å²) in [5.41, 5.74) is 3.12. The minimum atomic E-state index is -3.72. The minimum Gasteiger partial charge on any atom is -0.370 e. The molecule has 27 heavy (non-hydrogen) atoms. The number of hydrogen-bond acceptors (Lipinski definition) is 5. The molecule has 0 radical (unpaired) electrons. The molecule has 0 amide bonds. The molecule has 3 aromatic rings. The van der Waals surface area contributed by atoms with Crippen LogP contribution in [-0.2, 0) is 23.5 Å². The number of hydrogen-bond donors (Lipinski definition) is 2. The Labute approximate surface area is 159 Å². The zero-order valence-electron chi connectivity index (χ0n) is 15.6. The Kier molecular flexibility index (Phi) is 5.46. The van der Waals surface area contributed by atoms with Crippen LogP contribution in [0.2, 0.25) is 0 Å². The van der Waals surface area contributed by atoms with Crippen molar-refractivity contribution in [2.45, 2.75) is 25.2 Å². The molecule has 8 heteroatoms. The van der Waals surface area contributed by atoms with Gasteiger partial charge in [0.05, 0.1) is 17.1 Å². The topological polar surface area (TPSA) is 88.9 Å². The molecular formula is C19H23N5O2S. The summed E-state index contributed by atoms with van der Waals surface area (Å²) in [5.74, 6) is 0.638. The summed E-state index contributed by atoms with van der Waals surface area (Å²) in [6, 6.07) is 13.3. The van der Waals surface area contributed by atoms with E-state index in [0.717, 1.165) is 18.7 Å². The van der Waals surface area contributed by atoms with Gasteiger partial charge in [0.1, 0.15) is 10.7 Å². The van der Waals surface area contributed by atoms with E-state index in [4.69, 9.17) is 0 Å². The van der Waals surface area contributed by atoms with Crippen LogP contribution in [0.3, 0.4) is 0 Å². The van der Waals surface area contributed by atoms with Gasteiger partial charge < -0.3 is 5.32 Å². The van der Waals surface area contributed by atoms with Crippen LogP contribution in [0.4, 0.5) is 11.5 Å². The molecule has 0 aliphatic rings. The number of pyridine rings is 1. The fourth-order valence-electron chi connectivity index (χ4n) is 2.74. The van der Waals surface area contributed by atoms with Crippen molar-refractivity contribution in [1.29, 1.82) is 0 Å². The number of sulfonamides is 1. The predicted molar refractivity (Wildman–Crippen MR) is 106 cm³/mol. The van der Waals surface area contributed by atoms with Crippen LogP contribution in [0.5, 0.6) is 0 Å². The lowest BCUT2D eigenvalue weighted by atomic mass is 10.1. The third-order valence-corrected chi connectivity index (χ3v) is 5.69. The minimum absolute atomic E-state index is 0.110. The van der Waals surface area contributed by atoms with Crippen LogP contribution < -0.4 is 10.0 Å². The van der Waals surface area contributed by atoms with Crippen LogP contribution in [0, 0.1) is 13.8 Å². The first kappa shape index (κ1) is 18.9. The van der Waals surface area contributed by atoms with Crippen molar-refractivity contribution in [2.24, 2.45) is 7.05 Å². The van der Waals surface area contributed by atoms with Gasteiger partial charge in [-0.15, -0.1) is 0 Å². The largest absolute Gasteiger partial charge is 0.370 e. The van der Waals surface area contributed by atoms with E-state index >= 15 is 0 Å². The number of anilines is 2. The summed E-state index contributed by atoms with van der Waals surface area (Å²) in [4.78, 5) is 4.33. The van der Waals surface area contributed by atoms with Gasteiger partial charge in [-0.05, 0) is 38.0 Å². The Balaban J connectivity index is 1.65. The normalized spacial score (nSPS) is 11.4. The number of benzene rings is 1. The average molecular weight is 385 g/mol. The van der Waals surface area contributed by atoms with E-state index < -0.39 is 10.0 Å². The van der Waals surface area contributed by atoms with Crippen LogP contribution in [-0.4, -0.2) is 29.7 Å². The molecule has 0 saturated heterocycles. The smallest absolute Gasteiger partial charge is 0.263 e. The van der Waals surface area contributed by atoms with Crippen LogP contribution in [0.1, 0.15) is 17.0 Å². The van der Waals surface area contributed by atoms with E-state index in [1.54, 1.807) is 30.8 Å². The molecule has 0 saturated carbocycles.